The van der Waals surface area contributed by atoms with E-state index in [0.717, 1.165) is 12.5 Å². The molecular weight excluding hydrogens is 170 g/mol. The molecular formula is C13H19N. The van der Waals surface area contributed by atoms with Crippen molar-refractivity contribution in [3.8, 4) is 0 Å². The summed E-state index contributed by atoms with van der Waals surface area (Å²) in [6, 6.07) is 6.80. The van der Waals surface area contributed by atoms with E-state index in [0.29, 0.717) is 5.92 Å². The minimum absolute atomic E-state index is 0.592. The van der Waals surface area contributed by atoms with Gasteiger partial charge in [0.1, 0.15) is 0 Å². The Morgan fingerprint density at radius 2 is 2.21 bits per heavy atom. The van der Waals surface area contributed by atoms with Gasteiger partial charge in [-0.2, -0.15) is 0 Å². The molecule has 0 saturated carbocycles. The Labute approximate surface area is 86.3 Å². The molecule has 0 aliphatic heterocycles. The van der Waals surface area contributed by atoms with Crippen LogP contribution in [-0.4, -0.2) is 6.54 Å². The zero-order valence-electron chi connectivity index (χ0n) is 9.09. The highest BCUT2D eigenvalue weighted by atomic mass is 14.6. The van der Waals surface area contributed by atoms with E-state index in [4.69, 9.17) is 5.73 Å². The molecule has 14 heavy (non-hydrogen) atoms. The number of benzene rings is 1. The molecule has 2 unspecified atom stereocenters. The molecule has 2 atom stereocenters. The van der Waals surface area contributed by atoms with Gasteiger partial charge in [-0.1, -0.05) is 30.7 Å². The van der Waals surface area contributed by atoms with E-state index >= 15 is 0 Å². The van der Waals surface area contributed by atoms with Crippen LogP contribution in [0.25, 0.3) is 0 Å². The Hall–Kier alpha value is -0.820. The topological polar surface area (TPSA) is 26.0 Å². The molecule has 1 aliphatic carbocycles. The van der Waals surface area contributed by atoms with Crippen LogP contribution in [0.1, 0.15) is 36.0 Å². The Kier molecular flexibility index (Phi) is 2.60. The van der Waals surface area contributed by atoms with Crippen LogP contribution >= 0.6 is 0 Å². The van der Waals surface area contributed by atoms with Crippen LogP contribution in [-0.2, 0) is 6.42 Å². The Bertz CT molecular complexity index is 330. The maximum absolute atomic E-state index is 5.82. The van der Waals surface area contributed by atoms with Gasteiger partial charge in [0.25, 0.3) is 0 Å². The van der Waals surface area contributed by atoms with Gasteiger partial charge in [0.05, 0.1) is 0 Å². The van der Waals surface area contributed by atoms with Crippen LogP contribution in [0.4, 0.5) is 0 Å². The summed E-state index contributed by atoms with van der Waals surface area (Å²) >= 11 is 0. The third-order valence-electron chi connectivity index (χ3n) is 3.28. The maximum Gasteiger partial charge on any atom is -0.000803 e. The lowest BCUT2D eigenvalue weighted by Crippen LogP contribution is -2.22. The van der Waals surface area contributed by atoms with Crippen LogP contribution in [0, 0.1) is 12.8 Å². The van der Waals surface area contributed by atoms with Crippen molar-refractivity contribution in [1.29, 1.82) is 0 Å². The van der Waals surface area contributed by atoms with Crippen LogP contribution < -0.4 is 5.73 Å². The summed E-state index contributed by atoms with van der Waals surface area (Å²) in [6.45, 7) is 5.28. The van der Waals surface area contributed by atoms with Gasteiger partial charge < -0.3 is 5.73 Å². The summed E-state index contributed by atoms with van der Waals surface area (Å²) in [6.07, 6.45) is 2.49. The summed E-state index contributed by atoms with van der Waals surface area (Å²) in [5, 5.41) is 0. The minimum Gasteiger partial charge on any atom is -0.330 e. The van der Waals surface area contributed by atoms with Crippen molar-refractivity contribution in [2.45, 2.75) is 32.6 Å². The second-order valence-corrected chi connectivity index (χ2v) is 4.68. The molecule has 0 spiro atoms. The molecule has 0 fully saturated rings. The summed E-state index contributed by atoms with van der Waals surface area (Å²) in [5.41, 5.74) is 10.2. The van der Waals surface area contributed by atoms with E-state index in [1.54, 1.807) is 0 Å². The van der Waals surface area contributed by atoms with E-state index in [-0.39, 0.29) is 0 Å². The zero-order valence-corrected chi connectivity index (χ0v) is 9.09. The van der Waals surface area contributed by atoms with Gasteiger partial charge in [-0.15, -0.1) is 0 Å². The highest BCUT2D eigenvalue weighted by molar-refractivity contribution is 5.36. The predicted octanol–water partition coefficient (Wildman–Crippen LogP) is 2.62. The van der Waals surface area contributed by atoms with Crippen LogP contribution in [0.15, 0.2) is 18.2 Å². The monoisotopic (exact) mass is 189 g/mol. The lowest BCUT2D eigenvalue weighted by atomic mass is 9.77. The van der Waals surface area contributed by atoms with Crippen LogP contribution in [0.3, 0.4) is 0 Å². The van der Waals surface area contributed by atoms with Gasteiger partial charge in [-0.3, -0.25) is 0 Å². The number of hydrogen-bond acceptors (Lipinski definition) is 1. The average Bonchev–Trinajstić information content (AvgIpc) is 2.15. The molecule has 1 aromatic rings. The van der Waals surface area contributed by atoms with Gasteiger partial charge in [0, 0.05) is 0 Å². The molecule has 0 radical (unpaired) electrons. The number of rotatable bonds is 1. The van der Waals surface area contributed by atoms with E-state index in [9.17, 15) is 0 Å². The summed E-state index contributed by atoms with van der Waals surface area (Å²) in [4.78, 5) is 0. The molecule has 0 amide bonds. The predicted molar refractivity (Wildman–Crippen MR) is 60.5 cm³/mol. The molecule has 0 aromatic heterocycles. The molecule has 1 nitrogen and oxygen atoms in total. The van der Waals surface area contributed by atoms with Gasteiger partial charge >= 0.3 is 0 Å². The fourth-order valence-corrected chi connectivity index (χ4v) is 2.60. The number of hydrogen-bond donors (Lipinski definition) is 1. The second-order valence-electron chi connectivity index (χ2n) is 4.68. The first-order valence-corrected chi connectivity index (χ1v) is 5.50. The summed E-state index contributed by atoms with van der Waals surface area (Å²) in [5.74, 6) is 1.38. The minimum atomic E-state index is 0.592. The van der Waals surface area contributed by atoms with Crippen LogP contribution in [0.2, 0.25) is 0 Å². The normalized spacial score (nSPS) is 25.9. The molecule has 1 heteroatoms. The second kappa shape index (κ2) is 3.74. The molecule has 1 aromatic carbocycles. The van der Waals surface area contributed by atoms with Crippen molar-refractivity contribution in [1.82, 2.24) is 0 Å². The molecule has 0 heterocycles. The van der Waals surface area contributed by atoms with Crippen LogP contribution in [0.5, 0.6) is 0 Å². The lowest BCUT2D eigenvalue weighted by molar-refractivity contribution is 0.436. The Morgan fingerprint density at radius 1 is 1.43 bits per heavy atom. The van der Waals surface area contributed by atoms with Gasteiger partial charge in [-0.25, -0.2) is 0 Å². The fourth-order valence-electron chi connectivity index (χ4n) is 2.60. The maximum atomic E-state index is 5.82. The zero-order chi connectivity index (χ0) is 10.1. The van der Waals surface area contributed by atoms with E-state index < -0.39 is 0 Å². The van der Waals surface area contributed by atoms with Crippen molar-refractivity contribution in [3.05, 3.63) is 34.9 Å². The Morgan fingerprint density at radius 3 is 2.93 bits per heavy atom. The van der Waals surface area contributed by atoms with Crippen molar-refractivity contribution in [2.24, 2.45) is 11.7 Å². The lowest BCUT2D eigenvalue weighted by Gasteiger charge is -2.29. The van der Waals surface area contributed by atoms with E-state index in [1.165, 1.54) is 29.5 Å². The summed E-state index contributed by atoms with van der Waals surface area (Å²) in [7, 11) is 0. The third kappa shape index (κ3) is 1.69. The highest BCUT2D eigenvalue weighted by Gasteiger charge is 2.23. The first-order valence-electron chi connectivity index (χ1n) is 5.50. The van der Waals surface area contributed by atoms with Crippen molar-refractivity contribution in [2.75, 3.05) is 6.54 Å². The van der Waals surface area contributed by atoms with Crippen molar-refractivity contribution in [3.63, 3.8) is 0 Å². The highest BCUT2D eigenvalue weighted by Crippen LogP contribution is 2.34. The van der Waals surface area contributed by atoms with Crippen molar-refractivity contribution < 1.29 is 0 Å². The molecule has 2 rings (SSSR count). The SMILES string of the molecule is Cc1ccc2c(c1)CC(C)CC2CN. The van der Waals surface area contributed by atoms with Gasteiger partial charge in [0.2, 0.25) is 0 Å². The first-order chi connectivity index (χ1) is 6.70. The molecule has 0 bridgehead atoms. The largest absolute Gasteiger partial charge is 0.330 e. The molecule has 2 N–H and O–H groups in total. The standard InChI is InChI=1S/C13H19N/c1-9-3-4-13-11(5-9)6-10(2)7-12(13)8-14/h3-5,10,12H,6-8,14H2,1-2H3. The smallest absolute Gasteiger partial charge is 0.000803 e. The molecule has 76 valence electrons. The van der Waals surface area contributed by atoms with Crippen molar-refractivity contribution >= 4 is 0 Å². The number of nitrogens with two attached hydrogens (primary N) is 1. The first kappa shape index (κ1) is 9.72. The van der Waals surface area contributed by atoms with E-state index in [2.05, 4.69) is 32.0 Å². The average molecular weight is 189 g/mol. The molecule has 1 aliphatic rings. The molecule has 0 saturated heterocycles. The van der Waals surface area contributed by atoms with E-state index in [1.807, 2.05) is 0 Å². The summed E-state index contributed by atoms with van der Waals surface area (Å²) < 4.78 is 0. The third-order valence-corrected chi connectivity index (χ3v) is 3.28. The Balaban J connectivity index is 2.40. The quantitative estimate of drug-likeness (QED) is 0.722. The van der Waals surface area contributed by atoms with Gasteiger partial charge in [-0.05, 0) is 49.3 Å². The number of aryl methyl sites for hydroxylation is 1. The van der Waals surface area contributed by atoms with Gasteiger partial charge in [0.15, 0.2) is 0 Å². The number of fused-ring (bicyclic) bond motifs is 1. The fraction of sp³-hybridized carbons (Fsp3) is 0.538.